The smallest absolute Gasteiger partial charge is 0.122 e. The lowest BCUT2D eigenvalue weighted by Gasteiger charge is -2.15. The molecule has 18 heavy (non-hydrogen) atoms. The Labute approximate surface area is 113 Å². The molecule has 3 nitrogen and oxygen atoms in total. The van der Waals surface area contributed by atoms with Gasteiger partial charge in [0.05, 0.1) is 13.7 Å². The molecule has 0 amide bonds. The molecule has 0 saturated heterocycles. The van der Waals surface area contributed by atoms with Gasteiger partial charge in [-0.15, -0.1) is 12.4 Å². The maximum atomic E-state index is 9.07. The van der Waals surface area contributed by atoms with Crippen LogP contribution in [0.2, 0.25) is 0 Å². The molecular weight excluding hydrogens is 250 g/mol. The fraction of sp³-hybridized carbons (Fsp3) is 0.286. The molecular formula is C14H18ClNO2. The van der Waals surface area contributed by atoms with Crippen molar-refractivity contribution in [2.45, 2.75) is 12.5 Å². The van der Waals surface area contributed by atoms with Crippen LogP contribution in [0, 0.1) is 0 Å². The summed E-state index contributed by atoms with van der Waals surface area (Å²) < 4.78 is 5.36. The molecule has 0 aliphatic carbocycles. The van der Waals surface area contributed by atoms with Crippen LogP contribution in [-0.4, -0.2) is 24.9 Å². The predicted molar refractivity (Wildman–Crippen MR) is 76.5 cm³/mol. The first kappa shape index (κ1) is 14.8. The molecule has 4 heteroatoms. The number of rotatable bonds is 4. The zero-order chi connectivity index (χ0) is 12.3. The number of aliphatic hydroxyl groups is 1. The third-order valence-corrected chi connectivity index (χ3v) is 2.92. The van der Waals surface area contributed by atoms with Crippen molar-refractivity contribution in [2.24, 2.45) is 5.73 Å². The summed E-state index contributed by atoms with van der Waals surface area (Å²) in [6.07, 6.45) is 0.612. The number of benzene rings is 2. The lowest BCUT2D eigenvalue weighted by atomic mass is 9.98. The van der Waals surface area contributed by atoms with Gasteiger partial charge in [0, 0.05) is 11.6 Å². The Bertz CT molecular complexity index is 516. The van der Waals surface area contributed by atoms with Crippen LogP contribution in [0.1, 0.15) is 5.56 Å². The molecule has 0 radical (unpaired) electrons. The first-order valence-corrected chi connectivity index (χ1v) is 5.67. The third-order valence-electron chi connectivity index (χ3n) is 2.92. The van der Waals surface area contributed by atoms with Crippen LogP contribution >= 0.6 is 12.4 Å². The van der Waals surface area contributed by atoms with Crippen molar-refractivity contribution in [1.29, 1.82) is 0 Å². The Morgan fingerprint density at radius 2 is 1.94 bits per heavy atom. The van der Waals surface area contributed by atoms with Crippen LogP contribution in [-0.2, 0) is 6.42 Å². The second-order valence-corrected chi connectivity index (χ2v) is 4.11. The Hall–Kier alpha value is -1.29. The molecule has 0 aliphatic rings. The van der Waals surface area contributed by atoms with Gasteiger partial charge in [-0.05, 0) is 23.3 Å². The molecule has 2 aromatic carbocycles. The average molecular weight is 268 g/mol. The van der Waals surface area contributed by atoms with Gasteiger partial charge in [0.1, 0.15) is 5.75 Å². The Morgan fingerprint density at radius 1 is 1.22 bits per heavy atom. The van der Waals surface area contributed by atoms with E-state index in [0.717, 1.165) is 22.1 Å². The minimum absolute atomic E-state index is 0. The number of hydrogen-bond acceptors (Lipinski definition) is 3. The van der Waals surface area contributed by atoms with Crippen LogP contribution in [0.5, 0.6) is 5.75 Å². The van der Waals surface area contributed by atoms with E-state index in [1.165, 1.54) is 0 Å². The zero-order valence-electron chi connectivity index (χ0n) is 10.3. The van der Waals surface area contributed by atoms with E-state index in [4.69, 9.17) is 15.6 Å². The van der Waals surface area contributed by atoms with E-state index in [9.17, 15) is 0 Å². The number of ether oxygens (including phenoxy) is 1. The van der Waals surface area contributed by atoms with E-state index in [0.29, 0.717) is 6.42 Å². The van der Waals surface area contributed by atoms with Crippen LogP contribution in [0.15, 0.2) is 36.4 Å². The van der Waals surface area contributed by atoms with Gasteiger partial charge in [-0.3, -0.25) is 0 Å². The van der Waals surface area contributed by atoms with Gasteiger partial charge in [-0.25, -0.2) is 0 Å². The Balaban J connectivity index is 0.00000162. The summed E-state index contributed by atoms with van der Waals surface area (Å²) in [5, 5.41) is 11.4. The SMILES string of the molecule is COc1ccc2ccccc2c1CC(N)CO.Cl. The highest BCUT2D eigenvalue weighted by atomic mass is 35.5. The topological polar surface area (TPSA) is 55.5 Å². The third kappa shape index (κ3) is 2.93. The average Bonchev–Trinajstić information content (AvgIpc) is 2.39. The highest BCUT2D eigenvalue weighted by Crippen LogP contribution is 2.28. The zero-order valence-corrected chi connectivity index (χ0v) is 11.1. The van der Waals surface area contributed by atoms with Gasteiger partial charge < -0.3 is 15.6 Å². The summed E-state index contributed by atoms with van der Waals surface area (Å²) in [6.45, 7) is -0.0215. The standard InChI is InChI=1S/C14H17NO2.ClH/c1-17-14-7-6-10-4-2-3-5-12(10)13(14)8-11(15)9-16;/h2-7,11,16H,8-9,15H2,1H3;1H. The van der Waals surface area contributed by atoms with Gasteiger partial charge in [0.25, 0.3) is 0 Å². The maximum Gasteiger partial charge on any atom is 0.122 e. The summed E-state index contributed by atoms with van der Waals surface area (Å²) in [7, 11) is 1.65. The van der Waals surface area contributed by atoms with Gasteiger partial charge >= 0.3 is 0 Å². The maximum absolute atomic E-state index is 9.07. The highest BCUT2D eigenvalue weighted by molar-refractivity contribution is 5.87. The monoisotopic (exact) mass is 267 g/mol. The molecule has 1 atom stereocenters. The molecule has 98 valence electrons. The van der Waals surface area contributed by atoms with Gasteiger partial charge in [0.2, 0.25) is 0 Å². The summed E-state index contributed by atoms with van der Waals surface area (Å²) in [6, 6.07) is 11.8. The van der Waals surface area contributed by atoms with E-state index in [-0.39, 0.29) is 25.1 Å². The van der Waals surface area contributed by atoms with E-state index in [2.05, 4.69) is 12.1 Å². The summed E-state index contributed by atoms with van der Waals surface area (Å²) in [4.78, 5) is 0. The van der Waals surface area contributed by atoms with Crippen LogP contribution in [0.25, 0.3) is 10.8 Å². The number of methoxy groups -OCH3 is 1. The number of hydrogen-bond donors (Lipinski definition) is 2. The molecule has 0 aliphatic heterocycles. The van der Waals surface area contributed by atoms with E-state index < -0.39 is 0 Å². The van der Waals surface area contributed by atoms with Crippen molar-refractivity contribution in [3.05, 3.63) is 42.0 Å². The van der Waals surface area contributed by atoms with Gasteiger partial charge in [0.15, 0.2) is 0 Å². The first-order valence-electron chi connectivity index (χ1n) is 5.67. The van der Waals surface area contributed by atoms with Crippen LogP contribution in [0.4, 0.5) is 0 Å². The summed E-state index contributed by atoms with van der Waals surface area (Å²) in [5.74, 6) is 0.826. The second kappa shape index (κ2) is 6.59. The van der Waals surface area contributed by atoms with Crippen molar-refractivity contribution < 1.29 is 9.84 Å². The van der Waals surface area contributed by atoms with Crippen molar-refractivity contribution in [2.75, 3.05) is 13.7 Å². The van der Waals surface area contributed by atoms with E-state index >= 15 is 0 Å². The van der Waals surface area contributed by atoms with Crippen LogP contribution < -0.4 is 10.5 Å². The Kier molecular flexibility index (Phi) is 5.41. The number of fused-ring (bicyclic) bond motifs is 1. The molecule has 1 unspecified atom stereocenters. The number of nitrogens with two attached hydrogens (primary N) is 1. The Morgan fingerprint density at radius 3 is 2.61 bits per heavy atom. The predicted octanol–water partition coefficient (Wildman–Crippen LogP) is 2.13. The summed E-state index contributed by atoms with van der Waals surface area (Å²) >= 11 is 0. The number of halogens is 1. The molecule has 3 N–H and O–H groups in total. The molecule has 0 spiro atoms. The second-order valence-electron chi connectivity index (χ2n) is 4.11. The molecule has 0 heterocycles. The lowest BCUT2D eigenvalue weighted by Crippen LogP contribution is -2.27. The largest absolute Gasteiger partial charge is 0.496 e. The molecule has 2 rings (SSSR count). The molecule has 0 saturated carbocycles. The lowest BCUT2D eigenvalue weighted by molar-refractivity contribution is 0.264. The van der Waals surface area contributed by atoms with E-state index in [1.807, 2.05) is 24.3 Å². The minimum atomic E-state index is -0.255. The fourth-order valence-corrected chi connectivity index (χ4v) is 2.04. The molecule has 0 aromatic heterocycles. The van der Waals surface area contributed by atoms with Crippen molar-refractivity contribution >= 4 is 23.2 Å². The van der Waals surface area contributed by atoms with Crippen molar-refractivity contribution in [1.82, 2.24) is 0 Å². The van der Waals surface area contributed by atoms with Crippen molar-refractivity contribution in [3.63, 3.8) is 0 Å². The van der Waals surface area contributed by atoms with Gasteiger partial charge in [-0.1, -0.05) is 30.3 Å². The summed E-state index contributed by atoms with van der Waals surface area (Å²) in [5.41, 5.74) is 6.88. The first-order chi connectivity index (χ1) is 8.26. The van der Waals surface area contributed by atoms with Crippen LogP contribution in [0.3, 0.4) is 0 Å². The molecule has 0 fully saturated rings. The molecule has 2 aromatic rings. The van der Waals surface area contributed by atoms with E-state index in [1.54, 1.807) is 7.11 Å². The minimum Gasteiger partial charge on any atom is -0.496 e. The molecule has 0 bridgehead atoms. The van der Waals surface area contributed by atoms with Gasteiger partial charge in [-0.2, -0.15) is 0 Å². The normalized spacial score (nSPS) is 11.9. The van der Waals surface area contributed by atoms with Crippen molar-refractivity contribution in [3.8, 4) is 5.75 Å². The highest BCUT2D eigenvalue weighted by Gasteiger charge is 2.11. The number of aliphatic hydroxyl groups excluding tert-OH is 1. The quantitative estimate of drug-likeness (QED) is 0.892. The fourth-order valence-electron chi connectivity index (χ4n) is 2.04.